The first-order chi connectivity index (χ1) is 15.0. The van der Waals surface area contributed by atoms with Crippen molar-refractivity contribution >= 4 is 28.8 Å². The summed E-state index contributed by atoms with van der Waals surface area (Å²) in [6.07, 6.45) is 0. The Labute approximate surface area is 177 Å². The van der Waals surface area contributed by atoms with Crippen LogP contribution in [0.25, 0.3) is 5.57 Å². The Morgan fingerprint density at radius 2 is 1.68 bits per heavy atom. The summed E-state index contributed by atoms with van der Waals surface area (Å²) in [5, 5.41) is 2.99. The smallest absolute Gasteiger partial charge is 0.282 e. The third-order valence-corrected chi connectivity index (χ3v) is 4.71. The second-order valence-electron chi connectivity index (χ2n) is 6.74. The lowest BCUT2D eigenvalue weighted by atomic mass is 10.0. The highest BCUT2D eigenvalue weighted by Gasteiger charge is 2.41. The second kappa shape index (κ2) is 8.39. The van der Waals surface area contributed by atoms with E-state index in [9.17, 15) is 18.4 Å². The molecular weight excluding hydrogens is 402 g/mol. The number of carbonyl (C=O) groups is 2. The lowest BCUT2D eigenvalue weighted by Gasteiger charge is -2.16. The highest BCUT2D eigenvalue weighted by atomic mass is 19.1. The predicted molar refractivity (Wildman–Crippen MR) is 113 cm³/mol. The number of halogens is 2. The summed E-state index contributed by atoms with van der Waals surface area (Å²) >= 11 is 0. The molecule has 0 aromatic heterocycles. The molecule has 31 heavy (non-hydrogen) atoms. The van der Waals surface area contributed by atoms with Crippen molar-refractivity contribution in [3.8, 4) is 5.75 Å². The lowest BCUT2D eigenvalue weighted by molar-refractivity contribution is -0.120. The quantitative estimate of drug-likeness (QED) is 0.584. The third-order valence-electron chi connectivity index (χ3n) is 4.71. The van der Waals surface area contributed by atoms with E-state index >= 15 is 0 Å². The number of ether oxygens (including phenoxy) is 1. The molecule has 0 fully saturated rings. The summed E-state index contributed by atoms with van der Waals surface area (Å²) in [6, 6.07) is 18.2. The van der Waals surface area contributed by atoms with Crippen molar-refractivity contribution in [2.45, 2.75) is 6.92 Å². The molecule has 0 saturated carbocycles. The summed E-state index contributed by atoms with van der Waals surface area (Å²) in [7, 11) is 0. The van der Waals surface area contributed by atoms with E-state index in [1.807, 2.05) is 6.92 Å². The summed E-state index contributed by atoms with van der Waals surface area (Å²) in [5.74, 6) is -2.66. The first-order valence-electron chi connectivity index (χ1n) is 9.63. The maximum absolute atomic E-state index is 14.4. The standard InChI is InChI=1S/C24H18F2N2O3/c1-2-31-18-10-6-9-17(14-18)27-22-21(15-7-4-3-5-8-15)23(29)28(24(22)30)20-12-11-16(25)13-19(20)26/h3-14,27H,2H2,1H3. The van der Waals surface area contributed by atoms with Crippen LogP contribution in [-0.2, 0) is 9.59 Å². The monoisotopic (exact) mass is 420 g/mol. The number of carbonyl (C=O) groups excluding carboxylic acids is 2. The van der Waals surface area contributed by atoms with Crippen LogP contribution >= 0.6 is 0 Å². The number of imide groups is 1. The molecule has 1 aliphatic heterocycles. The van der Waals surface area contributed by atoms with Gasteiger partial charge in [0.1, 0.15) is 23.1 Å². The number of hydrogen-bond donors (Lipinski definition) is 1. The molecule has 0 unspecified atom stereocenters. The highest BCUT2D eigenvalue weighted by Crippen LogP contribution is 2.35. The minimum absolute atomic E-state index is 0.00595. The summed E-state index contributed by atoms with van der Waals surface area (Å²) in [5.41, 5.74) is 0.792. The number of amides is 2. The zero-order valence-electron chi connectivity index (χ0n) is 16.6. The van der Waals surface area contributed by atoms with E-state index in [0.29, 0.717) is 34.6 Å². The van der Waals surface area contributed by atoms with Crippen LogP contribution in [-0.4, -0.2) is 18.4 Å². The van der Waals surface area contributed by atoms with Gasteiger partial charge in [-0.1, -0.05) is 36.4 Å². The maximum atomic E-state index is 14.4. The molecule has 156 valence electrons. The van der Waals surface area contributed by atoms with E-state index in [1.165, 1.54) is 0 Å². The fourth-order valence-corrected chi connectivity index (χ4v) is 3.37. The topological polar surface area (TPSA) is 58.6 Å². The molecule has 3 aromatic rings. The van der Waals surface area contributed by atoms with Crippen molar-refractivity contribution in [1.82, 2.24) is 0 Å². The molecule has 1 N–H and O–H groups in total. The van der Waals surface area contributed by atoms with Crippen LogP contribution in [0.1, 0.15) is 12.5 Å². The van der Waals surface area contributed by atoms with Crippen molar-refractivity contribution in [1.29, 1.82) is 0 Å². The molecule has 0 spiro atoms. The molecule has 7 heteroatoms. The molecule has 1 heterocycles. The van der Waals surface area contributed by atoms with Gasteiger partial charge in [-0.3, -0.25) is 9.59 Å². The SMILES string of the molecule is CCOc1cccc(NC2=C(c3ccccc3)C(=O)N(c3ccc(F)cc3F)C2=O)c1. The predicted octanol–water partition coefficient (Wildman–Crippen LogP) is 4.76. The first-order valence-corrected chi connectivity index (χ1v) is 9.63. The zero-order valence-corrected chi connectivity index (χ0v) is 16.6. The molecule has 2 amide bonds. The number of hydrogen-bond acceptors (Lipinski definition) is 4. The van der Waals surface area contributed by atoms with Gasteiger partial charge >= 0.3 is 0 Å². The molecule has 3 aromatic carbocycles. The highest BCUT2D eigenvalue weighted by molar-refractivity contribution is 6.46. The molecule has 0 bridgehead atoms. The van der Waals surface area contributed by atoms with E-state index < -0.39 is 23.4 Å². The molecule has 0 saturated heterocycles. The van der Waals surface area contributed by atoms with Crippen molar-refractivity contribution < 1.29 is 23.1 Å². The van der Waals surface area contributed by atoms with Gasteiger partial charge < -0.3 is 10.1 Å². The van der Waals surface area contributed by atoms with Gasteiger partial charge in [-0.25, -0.2) is 13.7 Å². The van der Waals surface area contributed by atoms with Gasteiger partial charge in [0.05, 0.1) is 17.9 Å². The van der Waals surface area contributed by atoms with Crippen molar-refractivity contribution in [3.05, 3.63) is 95.7 Å². The van der Waals surface area contributed by atoms with E-state index in [1.54, 1.807) is 54.6 Å². The van der Waals surface area contributed by atoms with Crippen LogP contribution in [0.15, 0.2) is 78.5 Å². The molecule has 0 atom stereocenters. The normalized spacial score (nSPS) is 13.7. The van der Waals surface area contributed by atoms with Crippen molar-refractivity contribution in [2.24, 2.45) is 0 Å². The zero-order chi connectivity index (χ0) is 22.0. The fourth-order valence-electron chi connectivity index (χ4n) is 3.37. The first kappa shape index (κ1) is 20.3. The number of anilines is 2. The molecule has 1 aliphatic rings. The summed E-state index contributed by atoms with van der Waals surface area (Å²) in [6.45, 7) is 2.32. The largest absolute Gasteiger partial charge is 0.494 e. The van der Waals surface area contributed by atoms with Gasteiger partial charge in [0.15, 0.2) is 0 Å². The minimum atomic E-state index is -1.01. The van der Waals surface area contributed by atoms with Crippen LogP contribution in [0.2, 0.25) is 0 Å². The van der Waals surface area contributed by atoms with E-state index in [4.69, 9.17) is 4.74 Å². The maximum Gasteiger partial charge on any atom is 0.282 e. The molecule has 0 aliphatic carbocycles. The number of rotatable bonds is 6. The summed E-state index contributed by atoms with van der Waals surface area (Å²) < 4.78 is 33.3. The van der Waals surface area contributed by atoms with E-state index in [0.717, 1.165) is 12.1 Å². The average molecular weight is 420 g/mol. The minimum Gasteiger partial charge on any atom is -0.494 e. The Hall–Kier alpha value is -4.00. The fraction of sp³-hybridized carbons (Fsp3) is 0.0833. The van der Waals surface area contributed by atoms with Crippen LogP contribution in [0, 0.1) is 11.6 Å². The Bertz CT molecular complexity index is 1190. The number of benzene rings is 3. The Balaban J connectivity index is 1.80. The number of nitrogens with one attached hydrogen (secondary N) is 1. The summed E-state index contributed by atoms with van der Waals surface area (Å²) in [4.78, 5) is 27.2. The molecule has 0 radical (unpaired) electrons. The van der Waals surface area contributed by atoms with Gasteiger partial charge in [-0.15, -0.1) is 0 Å². The van der Waals surface area contributed by atoms with Gasteiger partial charge in [0.2, 0.25) is 0 Å². The molecule has 4 rings (SSSR count). The van der Waals surface area contributed by atoms with Crippen LogP contribution in [0.4, 0.5) is 20.2 Å². The lowest BCUT2D eigenvalue weighted by Crippen LogP contribution is -2.33. The Kier molecular flexibility index (Phi) is 5.49. The van der Waals surface area contributed by atoms with Crippen LogP contribution in [0.3, 0.4) is 0 Å². The molecular formula is C24H18F2N2O3. The Morgan fingerprint density at radius 1 is 0.903 bits per heavy atom. The van der Waals surface area contributed by atoms with Crippen molar-refractivity contribution in [2.75, 3.05) is 16.8 Å². The third kappa shape index (κ3) is 3.90. The second-order valence-corrected chi connectivity index (χ2v) is 6.74. The number of nitrogens with zero attached hydrogens (tertiary/aromatic N) is 1. The molecule has 5 nitrogen and oxygen atoms in total. The van der Waals surface area contributed by atoms with Gasteiger partial charge in [0, 0.05) is 17.8 Å². The average Bonchev–Trinajstić information content (AvgIpc) is 2.99. The van der Waals surface area contributed by atoms with Crippen LogP contribution < -0.4 is 15.0 Å². The van der Waals surface area contributed by atoms with E-state index in [-0.39, 0.29) is 17.0 Å². The van der Waals surface area contributed by atoms with E-state index in [2.05, 4.69) is 5.32 Å². The van der Waals surface area contributed by atoms with Gasteiger partial charge in [-0.05, 0) is 36.8 Å². The van der Waals surface area contributed by atoms with Crippen LogP contribution in [0.5, 0.6) is 5.75 Å². The van der Waals surface area contributed by atoms with Gasteiger partial charge in [0.25, 0.3) is 11.8 Å². The van der Waals surface area contributed by atoms with Crippen molar-refractivity contribution in [3.63, 3.8) is 0 Å². The van der Waals surface area contributed by atoms with Gasteiger partial charge in [-0.2, -0.15) is 0 Å². The Morgan fingerprint density at radius 3 is 2.39 bits per heavy atom.